The maximum Gasteiger partial charge on any atom is 0.222 e. The predicted octanol–water partition coefficient (Wildman–Crippen LogP) is 3.84. The van der Waals surface area contributed by atoms with Crippen LogP contribution in [0.1, 0.15) is 77.6 Å². The molecule has 1 aliphatic heterocycles. The Hall–Kier alpha value is -1.06. The lowest BCUT2D eigenvalue weighted by atomic mass is 9.75. The second-order valence-corrected chi connectivity index (χ2v) is 7.81. The monoisotopic (exact) mass is 336 g/mol. The molecule has 2 unspecified atom stereocenters. The second-order valence-electron chi connectivity index (χ2n) is 7.81. The van der Waals surface area contributed by atoms with Gasteiger partial charge in [0.2, 0.25) is 11.8 Å². The van der Waals surface area contributed by atoms with E-state index in [0.717, 1.165) is 57.2 Å². The molecule has 1 aliphatic carbocycles. The van der Waals surface area contributed by atoms with E-state index in [-0.39, 0.29) is 5.91 Å². The highest BCUT2D eigenvalue weighted by Gasteiger charge is 2.32. The van der Waals surface area contributed by atoms with Crippen LogP contribution >= 0.6 is 0 Å². The average Bonchev–Trinajstić information content (AvgIpc) is 2.62. The molecule has 24 heavy (non-hydrogen) atoms. The first-order chi connectivity index (χ1) is 11.6. The van der Waals surface area contributed by atoms with Crippen LogP contribution in [0.2, 0.25) is 0 Å². The highest BCUT2D eigenvalue weighted by Crippen LogP contribution is 2.36. The molecule has 1 saturated heterocycles. The minimum atomic E-state index is 0.221. The van der Waals surface area contributed by atoms with Crippen LogP contribution < -0.4 is 0 Å². The van der Waals surface area contributed by atoms with E-state index in [1.807, 2.05) is 11.9 Å². The van der Waals surface area contributed by atoms with Crippen molar-refractivity contribution < 1.29 is 9.59 Å². The Labute approximate surface area is 148 Å². The molecular weight excluding hydrogens is 300 g/mol. The summed E-state index contributed by atoms with van der Waals surface area (Å²) in [6.07, 6.45) is 11.7. The van der Waals surface area contributed by atoms with Gasteiger partial charge in [-0.2, -0.15) is 0 Å². The number of carbonyl (C=O) groups excluding carboxylic acids is 2. The molecule has 1 heterocycles. The number of amides is 2. The van der Waals surface area contributed by atoms with E-state index in [2.05, 4.69) is 11.8 Å². The molecular formula is C20H36N2O2. The van der Waals surface area contributed by atoms with Crippen LogP contribution in [0.5, 0.6) is 0 Å². The molecule has 2 amide bonds. The Balaban J connectivity index is 1.60. The molecule has 2 aliphatic rings. The van der Waals surface area contributed by atoms with E-state index in [4.69, 9.17) is 0 Å². The molecule has 0 radical (unpaired) electrons. The summed E-state index contributed by atoms with van der Waals surface area (Å²) < 4.78 is 0. The van der Waals surface area contributed by atoms with Gasteiger partial charge in [-0.1, -0.05) is 32.6 Å². The van der Waals surface area contributed by atoms with Gasteiger partial charge in [0.05, 0.1) is 0 Å². The zero-order chi connectivity index (χ0) is 17.4. The van der Waals surface area contributed by atoms with Crippen LogP contribution in [0.25, 0.3) is 0 Å². The Morgan fingerprint density at radius 2 is 1.71 bits per heavy atom. The van der Waals surface area contributed by atoms with E-state index < -0.39 is 0 Å². The average molecular weight is 337 g/mol. The van der Waals surface area contributed by atoms with Gasteiger partial charge in [0.15, 0.2) is 0 Å². The molecule has 0 aromatic carbocycles. The SMILES string of the molecule is CCCCN(C)C(=O)CCCCC(=O)N1CCC2CCCCC2C1. The summed E-state index contributed by atoms with van der Waals surface area (Å²) in [7, 11) is 1.89. The molecule has 0 aromatic rings. The van der Waals surface area contributed by atoms with Crippen LogP contribution in [0.15, 0.2) is 0 Å². The Morgan fingerprint density at radius 3 is 2.46 bits per heavy atom. The van der Waals surface area contributed by atoms with Crippen molar-refractivity contribution in [3.8, 4) is 0 Å². The summed E-state index contributed by atoms with van der Waals surface area (Å²) in [5, 5.41) is 0. The van der Waals surface area contributed by atoms with Gasteiger partial charge < -0.3 is 9.80 Å². The van der Waals surface area contributed by atoms with Gasteiger partial charge in [-0.05, 0) is 43.9 Å². The second kappa shape index (κ2) is 10.0. The van der Waals surface area contributed by atoms with Gasteiger partial charge in [-0.15, -0.1) is 0 Å². The van der Waals surface area contributed by atoms with Gasteiger partial charge in [0, 0.05) is 39.5 Å². The third-order valence-electron chi connectivity index (χ3n) is 5.95. The number of carbonyl (C=O) groups is 2. The predicted molar refractivity (Wildman–Crippen MR) is 97.7 cm³/mol. The first kappa shape index (κ1) is 19.3. The van der Waals surface area contributed by atoms with Crippen molar-refractivity contribution in [3.63, 3.8) is 0 Å². The quantitative estimate of drug-likeness (QED) is 0.632. The topological polar surface area (TPSA) is 40.6 Å². The largest absolute Gasteiger partial charge is 0.346 e. The molecule has 4 nitrogen and oxygen atoms in total. The zero-order valence-corrected chi connectivity index (χ0v) is 15.8. The lowest BCUT2D eigenvalue weighted by Crippen LogP contribution is -2.44. The van der Waals surface area contributed by atoms with Crippen molar-refractivity contribution in [1.29, 1.82) is 0 Å². The Morgan fingerprint density at radius 1 is 1.00 bits per heavy atom. The van der Waals surface area contributed by atoms with Crippen LogP contribution in [-0.4, -0.2) is 48.3 Å². The van der Waals surface area contributed by atoms with E-state index in [1.54, 1.807) is 0 Å². The molecule has 0 N–H and O–H groups in total. The summed E-state index contributed by atoms with van der Waals surface area (Å²) in [4.78, 5) is 28.3. The molecule has 0 aromatic heterocycles. The maximum absolute atomic E-state index is 12.4. The van der Waals surface area contributed by atoms with Gasteiger partial charge in [-0.25, -0.2) is 0 Å². The standard InChI is InChI=1S/C20H36N2O2/c1-3-4-14-21(2)19(23)11-7-8-12-20(24)22-15-13-17-9-5-6-10-18(17)16-22/h17-18H,3-16H2,1-2H3. The van der Waals surface area contributed by atoms with E-state index in [9.17, 15) is 9.59 Å². The molecule has 138 valence electrons. The number of piperidine rings is 1. The lowest BCUT2D eigenvalue weighted by Gasteiger charge is -2.41. The molecule has 2 rings (SSSR count). The highest BCUT2D eigenvalue weighted by atomic mass is 16.2. The summed E-state index contributed by atoms with van der Waals surface area (Å²) >= 11 is 0. The molecule has 2 atom stereocenters. The molecule has 4 heteroatoms. The summed E-state index contributed by atoms with van der Waals surface area (Å²) in [6, 6.07) is 0. The van der Waals surface area contributed by atoms with E-state index in [0.29, 0.717) is 18.7 Å². The lowest BCUT2D eigenvalue weighted by molar-refractivity contribution is -0.135. The van der Waals surface area contributed by atoms with Crippen molar-refractivity contribution in [2.24, 2.45) is 11.8 Å². The fraction of sp³-hybridized carbons (Fsp3) is 0.900. The smallest absolute Gasteiger partial charge is 0.222 e. The number of fused-ring (bicyclic) bond motifs is 1. The van der Waals surface area contributed by atoms with Crippen LogP contribution in [0.3, 0.4) is 0 Å². The number of hydrogen-bond donors (Lipinski definition) is 0. The van der Waals surface area contributed by atoms with E-state index >= 15 is 0 Å². The Kier molecular flexibility index (Phi) is 8.07. The van der Waals surface area contributed by atoms with Gasteiger partial charge in [-0.3, -0.25) is 9.59 Å². The first-order valence-corrected chi connectivity index (χ1v) is 10.1. The summed E-state index contributed by atoms with van der Waals surface area (Å²) in [6.45, 7) is 4.94. The van der Waals surface area contributed by atoms with Gasteiger partial charge >= 0.3 is 0 Å². The van der Waals surface area contributed by atoms with Crippen molar-refractivity contribution in [2.45, 2.75) is 77.6 Å². The fourth-order valence-corrected chi connectivity index (χ4v) is 4.25. The van der Waals surface area contributed by atoms with Gasteiger partial charge in [0.1, 0.15) is 0 Å². The van der Waals surface area contributed by atoms with Crippen LogP contribution in [-0.2, 0) is 9.59 Å². The first-order valence-electron chi connectivity index (χ1n) is 10.1. The van der Waals surface area contributed by atoms with Crippen LogP contribution in [0.4, 0.5) is 0 Å². The summed E-state index contributed by atoms with van der Waals surface area (Å²) in [5.41, 5.74) is 0. The number of unbranched alkanes of at least 4 members (excludes halogenated alkanes) is 2. The number of nitrogens with zero attached hydrogens (tertiary/aromatic N) is 2. The van der Waals surface area contributed by atoms with Crippen molar-refractivity contribution in [3.05, 3.63) is 0 Å². The minimum Gasteiger partial charge on any atom is -0.346 e. The Bertz CT molecular complexity index is 410. The molecule has 2 fully saturated rings. The van der Waals surface area contributed by atoms with E-state index in [1.165, 1.54) is 32.1 Å². The van der Waals surface area contributed by atoms with Gasteiger partial charge in [0.25, 0.3) is 0 Å². The number of hydrogen-bond acceptors (Lipinski definition) is 2. The molecule has 0 bridgehead atoms. The molecule has 1 saturated carbocycles. The third kappa shape index (κ3) is 5.78. The van der Waals surface area contributed by atoms with Crippen molar-refractivity contribution in [2.75, 3.05) is 26.7 Å². The number of rotatable bonds is 8. The maximum atomic E-state index is 12.4. The summed E-state index contributed by atoms with van der Waals surface area (Å²) in [5.74, 6) is 2.16. The normalized spacial score (nSPS) is 23.7. The van der Waals surface area contributed by atoms with Crippen LogP contribution in [0, 0.1) is 11.8 Å². The third-order valence-corrected chi connectivity index (χ3v) is 5.95. The van der Waals surface area contributed by atoms with Crippen molar-refractivity contribution in [1.82, 2.24) is 9.80 Å². The number of likely N-dealkylation sites (tertiary alicyclic amines) is 1. The fourth-order valence-electron chi connectivity index (χ4n) is 4.25. The minimum absolute atomic E-state index is 0.221. The highest BCUT2D eigenvalue weighted by molar-refractivity contribution is 5.77. The van der Waals surface area contributed by atoms with Crippen molar-refractivity contribution >= 4 is 11.8 Å². The zero-order valence-electron chi connectivity index (χ0n) is 15.8. The molecule has 0 spiro atoms.